The van der Waals surface area contributed by atoms with Gasteiger partial charge in [0.25, 0.3) is 5.91 Å². The SMILES string of the molecule is CN(C)C[C@@H]1CN(c2ncccn2)C[C@H]1NC(=O)c1cc(C2CC2)[nH]n1. The van der Waals surface area contributed by atoms with E-state index in [1.165, 1.54) is 12.8 Å². The Labute approximate surface area is 153 Å². The van der Waals surface area contributed by atoms with Gasteiger partial charge in [-0.05, 0) is 39.1 Å². The summed E-state index contributed by atoms with van der Waals surface area (Å²) in [5.41, 5.74) is 1.55. The molecule has 2 aromatic rings. The predicted molar refractivity (Wildman–Crippen MR) is 98.1 cm³/mol. The molecular weight excluding hydrogens is 330 g/mol. The Morgan fingerprint density at radius 2 is 2.08 bits per heavy atom. The van der Waals surface area contributed by atoms with E-state index in [1.807, 2.05) is 12.1 Å². The van der Waals surface area contributed by atoms with Crippen molar-refractivity contribution in [1.29, 1.82) is 0 Å². The largest absolute Gasteiger partial charge is 0.346 e. The highest BCUT2D eigenvalue weighted by Crippen LogP contribution is 2.39. The third-order valence-corrected chi connectivity index (χ3v) is 5.04. The number of aromatic amines is 1. The third kappa shape index (κ3) is 3.70. The van der Waals surface area contributed by atoms with Crippen LogP contribution in [0, 0.1) is 5.92 Å². The lowest BCUT2D eigenvalue weighted by Gasteiger charge is -2.22. The lowest BCUT2D eigenvalue weighted by atomic mass is 10.0. The molecule has 1 saturated heterocycles. The Bertz CT molecular complexity index is 756. The Hall–Kier alpha value is -2.48. The summed E-state index contributed by atoms with van der Waals surface area (Å²) in [5.74, 6) is 1.46. The smallest absolute Gasteiger partial charge is 0.272 e. The maximum absolute atomic E-state index is 12.7. The van der Waals surface area contributed by atoms with E-state index in [4.69, 9.17) is 0 Å². The summed E-state index contributed by atoms with van der Waals surface area (Å²) in [6, 6.07) is 3.74. The summed E-state index contributed by atoms with van der Waals surface area (Å²) in [6.45, 7) is 2.41. The van der Waals surface area contributed by atoms with Crippen LogP contribution >= 0.6 is 0 Å². The molecule has 8 nitrogen and oxygen atoms in total. The van der Waals surface area contributed by atoms with Gasteiger partial charge in [0.15, 0.2) is 0 Å². The number of nitrogens with zero attached hydrogens (tertiary/aromatic N) is 5. The highest BCUT2D eigenvalue weighted by atomic mass is 16.2. The Morgan fingerprint density at radius 3 is 2.77 bits per heavy atom. The van der Waals surface area contributed by atoms with Crippen molar-refractivity contribution in [3.05, 3.63) is 35.9 Å². The Morgan fingerprint density at radius 1 is 1.31 bits per heavy atom. The van der Waals surface area contributed by atoms with Crippen molar-refractivity contribution in [2.75, 3.05) is 38.6 Å². The van der Waals surface area contributed by atoms with Gasteiger partial charge in [-0.2, -0.15) is 5.10 Å². The summed E-state index contributed by atoms with van der Waals surface area (Å²) < 4.78 is 0. The molecule has 4 rings (SSSR count). The topological polar surface area (TPSA) is 90.0 Å². The average molecular weight is 355 g/mol. The normalized spacial score (nSPS) is 22.8. The maximum Gasteiger partial charge on any atom is 0.272 e. The van der Waals surface area contributed by atoms with Crippen molar-refractivity contribution in [2.45, 2.75) is 24.8 Å². The van der Waals surface area contributed by atoms with Crippen LogP contribution < -0.4 is 10.2 Å². The first kappa shape index (κ1) is 17.0. The van der Waals surface area contributed by atoms with Crippen molar-refractivity contribution in [3.63, 3.8) is 0 Å². The molecule has 0 unspecified atom stereocenters. The van der Waals surface area contributed by atoms with Gasteiger partial charge in [-0.1, -0.05) is 0 Å². The fraction of sp³-hybridized carbons (Fsp3) is 0.556. The second kappa shape index (κ2) is 7.03. The Kier molecular flexibility index (Phi) is 4.58. The first-order chi connectivity index (χ1) is 12.6. The highest BCUT2D eigenvalue weighted by Gasteiger charge is 2.36. The van der Waals surface area contributed by atoms with Crippen LogP contribution in [-0.2, 0) is 0 Å². The average Bonchev–Trinajstić information content (AvgIpc) is 3.23. The zero-order valence-corrected chi connectivity index (χ0v) is 15.2. The van der Waals surface area contributed by atoms with Gasteiger partial charge >= 0.3 is 0 Å². The van der Waals surface area contributed by atoms with E-state index in [9.17, 15) is 4.79 Å². The van der Waals surface area contributed by atoms with E-state index in [-0.39, 0.29) is 11.9 Å². The number of H-pyrrole nitrogens is 1. The monoisotopic (exact) mass is 355 g/mol. The number of hydrogen-bond donors (Lipinski definition) is 2. The third-order valence-electron chi connectivity index (χ3n) is 5.04. The molecule has 2 fully saturated rings. The van der Waals surface area contributed by atoms with Crippen LogP contribution in [0.2, 0.25) is 0 Å². The van der Waals surface area contributed by atoms with E-state index in [0.29, 0.717) is 30.0 Å². The zero-order chi connectivity index (χ0) is 18.1. The standard InChI is InChI=1S/C18H25N7O/c1-24(2)9-13-10-25(18-19-6-3-7-20-18)11-16(13)21-17(26)15-8-14(22-23-15)12-4-5-12/h3,6-8,12-13,16H,4-5,9-11H2,1-2H3,(H,21,26)(H,22,23)/t13-,16-/m1/s1. The van der Waals surface area contributed by atoms with Gasteiger partial charge in [-0.15, -0.1) is 0 Å². The minimum Gasteiger partial charge on any atom is -0.346 e. The molecule has 138 valence electrons. The van der Waals surface area contributed by atoms with Crippen LogP contribution in [0.15, 0.2) is 24.5 Å². The van der Waals surface area contributed by atoms with E-state index in [1.54, 1.807) is 12.4 Å². The van der Waals surface area contributed by atoms with Crippen molar-refractivity contribution in [1.82, 2.24) is 30.4 Å². The molecule has 2 atom stereocenters. The van der Waals surface area contributed by atoms with E-state index < -0.39 is 0 Å². The molecular formula is C18H25N7O. The number of hydrogen-bond acceptors (Lipinski definition) is 6. The minimum atomic E-state index is -0.113. The van der Waals surface area contributed by atoms with Crippen LogP contribution in [0.25, 0.3) is 0 Å². The lowest BCUT2D eigenvalue weighted by molar-refractivity contribution is 0.0923. The molecule has 1 saturated carbocycles. The van der Waals surface area contributed by atoms with Crippen LogP contribution in [0.5, 0.6) is 0 Å². The minimum absolute atomic E-state index is 0.0368. The van der Waals surface area contributed by atoms with Gasteiger partial charge in [0.05, 0.1) is 6.04 Å². The number of rotatable bonds is 6. The number of nitrogens with one attached hydrogen (secondary N) is 2. The van der Waals surface area contributed by atoms with Gasteiger partial charge in [0.2, 0.25) is 5.95 Å². The van der Waals surface area contributed by atoms with Gasteiger partial charge in [0.1, 0.15) is 5.69 Å². The molecule has 0 bridgehead atoms. The summed E-state index contributed by atoms with van der Waals surface area (Å²) in [5, 5.41) is 10.4. The summed E-state index contributed by atoms with van der Waals surface area (Å²) in [6.07, 6.45) is 5.86. The number of anilines is 1. The van der Waals surface area contributed by atoms with Crippen LogP contribution in [0.1, 0.15) is 34.9 Å². The number of aromatic nitrogens is 4. The molecule has 3 heterocycles. The van der Waals surface area contributed by atoms with Crippen molar-refractivity contribution in [3.8, 4) is 0 Å². The fourth-order valence-electron chi connectivity index (χ4n) is 3.61. The van der Waals surface area contributed by atoms with Crippen LogP contribution in [0.3, 0.4) is 0 Å². The molecule has 1 aliphatic carbocycles. The molecule has 1 aliphatic heterocycles. The van der Waals surface area contributed by atoms with Gasteiger partial charge in [0, 0.05) is 49.6 Å². The second-order valence-electron chi connectivity index (χ2n) is 7.54. The first-order valence-corrected chi connectivity index (χ1v) is 9.13. The molecule has 26 heavy (non-hydrogen) atoms. The van der Waals surface area contributed by atoms with Gasteiger partial charge < -0.3 is 15.1 Å². The molecule has 1 amide bonds. The molecule has 0 aromatic carbocycles. The fourth-order valence-corrected chi connectivity index (χ4v) is 3.61. The molecule has 0 radical (unpaired) electrons. The molecule has 2 aromatic heterocycles. The maximum atomic E-state index is 12.7. The molecule has 2 N–H and O–H groups in total. The van der Waals surface area contributed by atoms with Crippen LogP contribution in [-0.4, -0.2) is 70.7 Å². The summed E-state index contributed by atoms with van der Waals surface area (Å²) >= 11 is 0. The number of amides is 1. The van der Waals surface area contributed by atoms with Gasteiger partial charge in [-0.3, -0.25) is 9.89 Å². The predicted octanol–water partition coefficient (Wildman–Crippen LogP) is 0.873. The second-order valence-corrected chi connectivity index (χ2v) is 7.54. The highest BCUT2D eigenvalue weighted by molar-refractivity contribution is 5.92. The summed E-state index contributed by atoms with van der Waals surface area (Å²) in [7, 11) is 4.10. The molecule has 0 spiro atoms. The van der Waals surface area contributed by atoms with Gasteiger partial charge in [-0.25, -0.2) is 9.97 Å². The lowest BCUT2D eigenvalue weighted by Crippen LogP contribution is -2.43. The zero-order valence-electron chi connectivity index (χ0n) is 15.2. The van der Waals surface area contributed by atoms with E-state index >= 15 is 0 Å². The quantitative estimate of drug-likeness (QED) is 0.799. The van der Waals surface area contributed by atoms with E-state index in [2.05, 4.69) is 49.4 Å². The number of carbonyl (C=O) groups is 1. The first-order valence-electron chi connectivity index (χ1n) is 9.13. The van der Waals surface area contributed by atoms with Crippen molar-refractivity contribution < 1.29 is 4.79 Å². The Balaban J connectivity index is 1.45. The molecule has 8 heteroatoms. The molecule has 2 aliphatic rings. The van der Waals surface area contributed by atoms with Crippen LogP contribution in [0.4, 0.5) is 5.95 Å². The summed E-state index contributed by atoms with van der Waals surface area (Å²) in [4.78, 5) is 25.7. The number of carbonyl (C=O) groups excluding carboxylic acids is 1. The van der Waals surface area contributed by atoms with Crippen molar-refractivity contribution >= 4 is 11.9 Å². The van der Waals surface area contributed by atoms with E-state index in [0.717, 1.165) is 18.8 Å². The van der Waals surface area contributed by atoms with Crippen molar-refractivity contribution in [2.24, 2.45) is 5.92 Å².